The Hall–Kier alpha value is -0.450. The first-order valence-corrected chi connectivity index (χ1v) is 7.57. The van der Waals surface area contributed by atoms with Crippen LogP contribution in [0.5, 0.6) is 0 Å². The van der Waals surface area contributed by atoms with Crippen LogP contribution in [0, 0.1) is 5.41 Å². The molecule has 2 aromatic rings. The summed E-state index contributed by atoms with van der Waals surface area (Å²) in [7, 11) is 0. The summed E-state index contributed by atoms with van der Waals surface area (Å²) < 4.78 is 2.39. The van der Waals surface area contributed by atoms with Crippen molar-refractivity contribution in [3.63, 3.8) is 0 Å². The molecule has 1 fully saturated rings. The van der Waals surface area contributed by atoms with Crippen molar-refractivity contribution in [2.75, 3.05) is 6.54 Å². The molecule has 0 bridgehead atoms. The van der Waals surface area contributed by atoms with Crippen LogP contribution >= 0.6 is 27.3 Å². The average Bonchev–Trinajstić information content (AvgIpc) is 2.65. The van der Waals surface area contributed by atoms with Gasteiger partial charge in [0.05, 0.1) is 15.2 Å². The highest BCUT2D eigenvalue weighted by Gasteiger charge is 2.36. The fourth-order valence-electron chi connectivity index (χ4n) is 2.47. The minimum absolute atomic E-state index is 0.352. The van der Waals surface area contributed by atoms with Gasteiger partial charge in [0.1, 0.15) is 0 Å². The van der Waals surface area contributed by atoms with Crippen LogP contribution in [0.2, 0.25) is 0 Å². The number of nitrogens with zero attached hydrogens (tertiary/aromatic N) is 1. The molecule has 1 aliphatic rings. The normalized spacial score (nSPS) is 18.2. The smallest absolute Gasteiger partial charge is 0.0944 e. The van der Waals surface area contributed by atoms with E-state index in [2.05, 4.69) is 28.1 Å². The molecule has 0 amide bonds. The van der Waals surface area contributed by atoms with Crippen molar-refractivity contribution >= 4 is 37.5 Å². The summed E-state index contributed by atoms with van der Waals surface area (Å²) in [6.45, 7) is 0.798. The number of hydrogen-bond donors (Lipinski definition) is 1. The van der Waals surface area contributed by atoms with Crippen LogP contribution in [0.15, 0.2) is 22.7 Å². The van der Waals surface area contributed by atoms with Gasteiger partial charge in [0, 0.05) is 10.9 Å². The zero-order valence-electron chi connectivity index (χ0n) is 9.58. The molecule has 1 aromatic carbocycles. The predicted octanol–water partition coefficient (Wildman–Crippen LogP) is 3.73. The number of hydrogen-bond acceptors (Lipinski definition) is 3. The van der Waals surface area contributed by atoms with Gasteiger partial charge in [0.2, 0.25) is 0 Å². The van der Waals surface area contributed by atoms with Crippen LogP contribution in [0.1, 0.15) is 24.3 Å². The van der Waals surface area contributed by atoms with Gasteiger partial charge in [-0.2, -0.15) is 0 Å². The van der Waals surface area contributed by atoms with E-state index in [1.54, 1.807) is 11.3 Å². The second kappa shape index (κ2) is 4.34. The Kier molecular flexibility index (Phi) is 2.97. The van der Waals surface area contributed by atoms with E-state index in [0.717, 1.165) is 23.0 Å². The van der Waals surface area contributed by atoms with E-state index in [0.29, 0.717) is 5.41 Å². The van der Waals surface area contributed by atoms with Gasteiger partial charge in [-0.05, 0) is 43.0 Å². The van der Waals surface area contributed by atoms with Crippen LogP contribution in [-0.2, 0) is 6.42 Å². The Bertz CT molecular complexity index is 540. The lowest BCUT2D eigenvalue weighted by atomic mass is 9.67. The molecule has 0 unspecified atom stereocenters. The number of halogens is 1. The molecule has 1 aromatic heterocycles. The van der Waals surface area contributed by atoms with Gasteiger partial charge in [-0.15, -0.1) is 11.3 Å². The maximum atomic E-state index is 5.90. The highest BCUT2D eigenvalue weighted by atomic mass is 79.9. The molecule has 2 N–H and O–H groups in total. The monoisotopic (exact) mass is 310 g/mol. The Morgan fingerprint density at radius 1 is 1.41 bits per heavy atom. The fourth-order valence-corrected chi connectivity index (χ4v) is 4.17. The molecule has 0 atom stereocenters. The SMILES string of the molecule is NCC1(Cc2nc3ccc(Br)cc3s2)CCC1. The van der Waals surface area contributed by atoms with Gasteiger partial charge in [-0.3, -0.25) is 0 Å². The standard InChI is InChI=1S/C13H15BrN2S/c14-9-2-3-10-11(6-9)17-12(16-10)7-13(8-15)4-1-5-13/h2-3,6H,1,4-5,7-8,15H2. The number of thiazole rings is 1. The molecular weight excluding hydrogens is 296 g/mol. The van der Waals surface area contributed by atoms with Gasteiger partial charge in [0.25, 0.3) is 0 Å². The summed E-state index contributed by atoms with van der Waals surface area (Å²) in [5, 5.41) is 1.24. The number of aromatic nitrogens is 1. The van der Waals surface area contributed by atoms with Crippen LogP contribution < -0.4 is 5.73 Å². The van der Waals surface area contributed by atoms with E-state index in [9.17, 15) is 0 Å². The second-order valence-electron chi connectivity index (χ2n) is 4.95. The minimum Gasteiger partial charge on any atom is -0.330 e. The first-order valence-electron chi connectivity index (χ1n) is 5.96. The lowest BCUT2D eigenvalue weighted by molar-refractivity contribution is 0.145. The Morgan fingerprint density at radius 2 is 2.24 bits per heavy atom. The van der Waals surface area contributed by atoms with Crippen molar-refractivity contribution < 1.29 is 0 Å². The predicted molar refractivity (Wildman–Crippen MR) is 76.4 cm³/mol. The average molecular weight is 311 g/mol. The van der Waals surface area contributed by atoms with Gasteiger partial charge >= 0.3 is 0 Å². The molecule has 3 rings (SSSR count). The van der Waals surface area contributed by atoms with Crippen LogP contribution in [-0.4, -0.2) is 11.5 Å². The third-order valence-corrected chi connectivity index (χ3v) is 5.28. The lowest BCUT2D eigenvalue weighted by Crippen LogP contribution is -2.39. The molecule has 17 heavy (non-hydrogen) atoms. The zero-order valence-corrected chi connectivity index (χ0v) is 12.0. The first kappa shape index (κ1) is 11.6. The fraction of sp³-hybridized carbons (Fsp3) is 0.462. The number of fused-ring (bicyclic) bond motifs is 1. The first-order chi connectivity index (χ1) is 8.21. The third kappa shape index (κ3) is 2.14. The van der Waals surface area contributed by atoms with E-state index in [4.69, 9.17) is 10.7 Å². The summed E-state index contributed by atoms with van der Waals surface area (Å²) in [4.78, 5) is 4.71. The molecule has 90 valence electrons. The summed E-state index contributed by atoms with van der Waals surface area (Å²) in [5.41, 5.74) is 7.37. The van der Waals surface area contributed by atoms with Gasteiger partial charge < -0.3 is 5.73 Å². The summed E-state index contributed by atoms with van der Waals surface area (Å²) in [6, 6.07) is 6.27. The van der Waals surface area contributed by atoms with E-state index in [1.165, 1.54) is 29.0 Å². The molecule has 4 heteroatoms. The largest absolute Gasteiger partial charge is 0.330 e. The molecule has 1 aliphatic carbocycles. The maximum Gasteiger partial charge on any atom is 0.0944 e. The quantitative estimate of drug-likeness (QED) is 0.938. The number of nitrogens with two attached hydrogens (primary N) is 1. The third-order valence-electron chi connectivity index (χ3n) is 3.77. The summed E-state index contributed by atoms with van der Waals surface area (Å²) in [5.74, 6) is 0. The lowest BCUT2D eigenvalue weighted by Gasteiger charge is -2.40. The Labute approximate surface area is 113 Å². The van der Waals surface area contributed by atoms with E-state index in [1.807, 2.05) is 6.07 Å². The molecule has 0 radical (unpaired) electrons. The number of rotatable bonds is 3. The van der Waals surface area contributed by atoms with Crippen molar-refractivity contribution in [3.8, 4) is 0 Å². The topological polar surface area (TPSA) is 38.9 Å². The van der Waals surface area contributed by atoms with Crippen molar-refractivity contribution in [2.45, 2.75) is 25.7 Å². The van der Waals surface area contributed by atoms with Crippen LogP contribution in [0.25, 0.3) is 10.2 Å². The molecule has 2 nitrogen and oxygen atoms in total. The van der Waals surface area contributed by atoms with Crippen molar-refractivity contribution in [2.24, 2.45) is 11.1 Å². The highest BCUT2D eigenvalue weighted by Crippen LogP contribution is 2.43. The van der Waals surface area contributed by atoms with Gasteiger partial charge in [-0.1, -0.05) is 22.4 Å². The molecule has 0 spiro atoms. The van der Waals surface area contributed by atoms with E-state index < -0.39 is 0 Å². The Morgan fingerprint density at radius 3 is 2.88 bits per heavy atom. The van der Waals surface area contributed by atoms with Crippen LogP contribution in [0.3, 0.4) is 0 Å². The second-order valence-corrected chi connectivity index (χ2v) is 6.98. The minimum atomic E-state index is 0.352. The van der Waals surface area contributed by atoms with E-state index in [-0.39, 0.29) is 0 Å². The molecular formula is C13H15BrN2S. The maximum absolute atomic E-state index is 5.90. The van der Waals surface area contributed by atoms with Crippen molar-refractivity contribution in [1.29, 1.82) is 0 Å². The molecule has 1 heterocycles. The summed E-state index contributed by atoms with van der Waals surface area (Å²) >= 11 is 5.31. The highest BCUT2D eigenvalue weighted by molar-refractivity contribution is 9.10. The van der Waals surface area contributed by atoms with Gasteiger partial charge in [-0.25, -0.2) is 4.98 Å². The van der Waals surface area contributed by atoms with Crippen molar-refractivity contribution in [3.05, 3.63) is 27.7 Å². The number of benzene rings is 1. The molecule has 0 saturated heterocycles. The van der Waals surface area contributed by atoms with Crippen molar-refractivity contribution in [1.82, 2.24) is 4.98 Å². The Balaban J connectivity index is 1.90. The molecule has 0 aliphatic heterocycles. The zero-order chi connectivity index (χ0) is 11.9. The van der Waals surface area contributed by atoms with Gasteiger partial charge in [0.15, 0.2) is 0 Å². The molecule has 1 saturated carbocycles. The van der Waals surface area contributed by atoms with E-state index >= 15 is 0 Å². The van der Waals surface area contributed by atoms with Crippen LogP contribution in [0.4, 0.5) is 0 Å². The summed E-state index contributed by atoms with van der Waals surface area (Å²) in [6.07, 6.45) is 4.92.